The van der Waals surface area contributed by atoms with Crippen LogP contribution in [-0.2, 0) is 14.2 Å². The third kappa shape index (κ3) is 6.09. The van der Waals surface area contributed by atoms with Gasteiger partial charge in [-0.05, 0) is 32.1 Å². The monoisotopic (exact) mass is 262 g/mol. The van der Waals surface area contributed by atoms with E-state index in [1.165, 1.54) is 25.7 Å². The highest BCUT2D eigenvalue weighted by Gasteiger charge is 2.16. The molecule has 4 heteroatoms. The predicted molar refractivity (Wildman–Crippen MR) is 72.6 cm³/mol. The number of rotatable bonds is 5. The summed E-state index contributed by atoms with van der Waals surface area (Å²) in [5, 5.41) is 0.685. The zero-order valence-electron chi connectivity index (χ0n) is 9.86. The van der Waals surface area contributed by atoms with E-state index in [0.29, 0.717) is 5.25 Å². The Bertz CT molecular complexity index is 158. The molecule has 0 aliphatic carbocycles. The minimum Gasteiger partial charge on any atom is -0.380 e. The summed E-state index contributed by atoms with van der Waals surface area (Å²) in [4.78, 5) is 0. The van der Waals surface area contributed by atoms with Gasteiger partial charge in [-0.25, -0.2) is 0 Å². The average Bonchev–Trinajstić information content (AvgIpc) is 2.37. The van der Waals surface area contributed by atoms with Crippen molar-refractivity contribution in [3.8, 4) is 0 Å². The molecule has 0 spiro atoms. The van der Waals surface area contributed by atoms with E-state index in [1.54, 1.807) is 0 Å². The van der Waals surface area contributed by atoms with Crippen molar-refractivity contribution < 1.29 is 14.2 Å². The van der Waals surface area contributed by atoms with Gasteiger partial charge in [-0.3, -0.25) is 0 Å². The lowest BCUT2D eigenvalue weighted by atomic mass is 10.2. The fourth-order valence-corrected chi connectivity index (χ4v) is 3.13. The summed E-state index contributed by atoms with van der Waals surface area (Å²) in [7, 11) is 0. The van der Waals surface area contributed by atoms with Gasteiger partial charge in [-0.15, -0.1) is 0 Å². The van der Waals surface area contributed by atoms with Gasteiger partial charge >= 0.3 is 0 Å². The Balaban J connectivity index is 0.00000144. The maximum atomic E-state index is 5.69. The summed E-state index contributed by atoms with van der Waals surface area (Å²) >= 11 is 1.98. The fraction of sp³-hybridized carbons (Fsp3) is 1.00. The van der Waals surface area contributed by atoms with Crippen molar-refractivity contribution in [1.82, 2.24) is 0 Å². The van der Waals surface area contributed by atoms with Crippen molar-refractivity contribution in [2.45, 2.75) is 51.1 Å². The first-order chi connectivity index (χ1) is 7.95. The summed E-state index contributed by atoms with van der Waals surface area (Å²) in [6, 6.07) is 0. The zero-order valence-corrected chi connectivity index (χ0v) is 10.7. The Morgan fingerprint density at radius 3 is 2.76 bits per heavy atom. The van der Waals surface area contributed by atoms with Gasteiger partial charge < -0.3 is 14.2 Å². The Morgan fingerprint density at radius 2 is 2.06 bits per heavy atom. The van der Waals surface area contributed by atoms with Crippen molar-refractivity contribution >= 4 is 11.8 Å². The topological polar surface area (TPSA) is 27.7 Å². The summed E-state index contributed by atoms with van der Waals surface area (Å²) in [5.41, 5.74) is 0. The van der Waals surface area contributed by atoms with E-state index < -0.39 is 0 Å². The number of ether oxygens (including phenoxy) is 3. The molecular formula is C13H26O3S. The maximum absolute atomic E-state index is 5.69. The van der Waals surface area contributed by atoms with Crippen LogP contribution in [0, 0.1) is 0 Å². The van der Waals surface area contributed by atoms with Gasteiger partial charge in [0.25, 0.3) is 0 Å². The average molecular weight is 262 g/mol. The molecule has 0 aromatic carbocycles. The SMILES string of the molecule is C.C1CCC(OCCSC2CCCOC2)OC1. The Kier molecular flexibility index (Phi) is 8.27. The van der Waals surface area contributed by atoms with Gasteiger partial charge in [0.1, 0.15) is 0 Å². The summed E-state index contributed by atoms with van der Waals surface area (Å²) in [6.07, 6.45) is 6.07. The Morgan fingerprint density at radius 1 is 1.12 bits per heavy atom. The van der Waals surface area contributed by atoms with Crippen LogP contribution in [0.4, 0.5) is 0 Å². The molecule has 0 aromatic heterocycles. The van der Waals surface area contributed by atoms with Crippen LogP contribution in [0.2, 0.25) is 0 Å². The maximum Gasteiger partial charge on any atom is 0.157 e. The van der Waals surface area contributed by atoms with E-state index in [9.17, 15) is 0 Å². The van der Waals surface area contributed by atoms with E-state index in [2.05, 4.69) is 0 Å². The molecule has 2 rings (SSSR count). The first kappa shape index (κ1) is 15.3. The smallest absolute Gasteiger partial charge is 0.157 e. The van der Waals surface area contributed by atoms with Crippen molar-refractivity contribution in [2.75, 3.05) is 32.2 Å². The van der Waals surface area contributed by atoms with Gasteiger partial charge in [0.05, 0.1) is 13.2 Å². The Labute approximate surface area is 110 Å². The summed E-state index contributed by atoms with van der Waals surface area (Å²) in [5.74, 6) is 1.06. The fourth-order valence-electron chi connectivity index (χ4n) is 2.08. The standard InChI is InChI=1S/C12H22O3S.CH4/c1-2-7-14-12(5-1)15-8-9-16-11-4-3-6-13-10-11;/h11-12H,1-10H2;1H4. The zero-order chi connectivity index (χ0) is 11.1. The lowest BCUT2D eigenvalue weighted by Crippen LogP contribution is -2.24. The van der Waals surface area contributed by atoms with Crippen molar-refractivity contribution in [2.24, 2.45) is 0 Å². The van der Waals surface area contributed by atoms with Crippen LogP contribution in [0.15, 0.2) is 0 Å². The summed E-state index contributed by atoms with van der Waals surface area (Å²) < 4.78 is 16.6. The molecule has 2 aliphatic rings. The second-order valence-corrected chi connectivity index (χ2v) is 5.79. The van der Waals surface area contributed by atoms with Crippen LogP contribution in [-0.4, -0.2) is 43.7 Å². The minimum atomic E-state index is 0. The van der Waals surface area contributed by atoms with E-state index in [0.717, 1.165) is 38.6 Å². The van der Waals surface area contributed by atoms with Gasteiger partial charge in [0, 0.05) is 24.2 Å². The molecule has 2 heterocycles. The first-order valence-electron chi connectivity index (χ1n) is 6.38. The lowest BCUT2D eigenvalue weighted by Gasteiger charge is -2.24. The molecule has 17 heavy (non-hydrogen) atoms. The molecule has 2 aliphatic heterocycles. The lowest BCUT2D eigenvalue weighted by molar-refractivity contribution is -0.158. The Hall–Kier alpha value is 0.230. The molecule has 102 valence electrons. The van der Waals surface area contributed by atoms with Crippen LogP contribution >= 0.6 is 11.8 Å². The normalized spacial score (nSPS) is 29.6. The molecule has 2 fully saturated rings. The molecule has 2 saturated heterocycles. The second-order valence-electron chi connectivity index (χ2n) is 4.38. The van der Waals surface area contributed by atoms with Gasteiger partial charge in [-0.2, -0.15) is 11.8 Å². The van der Waals surface area contributed by atoms with Gasteiger partial charge in [0.15, 0.2) is 6.29 Å². The minimum absolute atomic E-state index is 0. The van der Waals surface area contributed by atoms with E-state index >= 15 is 0 Å². The first-order valence-corrected chi connectivity index (χ1v) is 7.42. The molecule has 0 bridgehead atoms. The quantitative estimate of drug-likeness (QED) is 0.712. The molecule has 0 aromatic rings. The number of thioether (sulfide) groups is 1. The molecule has 3 nitrogen and oxygen atoms in total. The van der Waals surface area contributed by atoms with Crippen LogP contribution in [0.1, 0.15) is 39.5 Å². The molecule has 0 saturated carbocycles. The van der Waals surface area contributed by atoms with E-state index in [4.69, 9.17) is 14.2 Å². The molecule has 0 radical (unpaired) electrons. The van der Waals surface area contributed by atoms with Crippen molar-refractivity contribution in [1.29, 1.82) is 0 Å². The van der Waals surface area contributed by atoms with Crippen LogP contribution in [0.25, 0.3) is 0 Å². The molecular weight excluding hydrogens is 236 g/mol. The van der Waals surface area contributed by atoms with Crippen LogP contribution in [0.3, 0.4) is 0 Å². The predicted octanol–water partition coefficient (Wildman–Crippen LogP) is 3.08. The molecule has 2 unspecified atom stereocenters. The molecule has 0 N–H and O–H groups in total. The van der Waals surface area contributed by atoms with Gasteiger partial charge in [-0.1, -0.05) is 7.43 Å². The largest absolute Gasteiger partial charge is 0.380 e. The highest BCUT2D eigenvalue weighted by molar-refractivity contribution is 7.99. The second kappa shape index (κ2) is 9.20. The number of hydrogen-bond donors (Lipinski definition) is 0. The van der Waals surface area contributed by atoms with Crippen molar-refractivity contribution in [3.05, 3.63) is 0 Å². The number of hydrogen-bond acceptors (Lipinski definition) is 4. The third-order valence-corrected chi connectivity index (χ3v) is 4.24. The molecule has 0 amide bonds. The van der Waals surface area contributed by atoms with E-state index in [-0.39, 0.29) is 13.7 Å². The highest BCUT2D eigenvalue weighted by Crippen LogP contribution is 2.21. The highest BCUT2D eigenvalue weighted by atomic mass is 32.2. The van der Waals surface area contributed by atoms with Crippen LogP contribution < -0.4 is 0 Å². The van der Waals surface area contributed by atoms with Crippen molar-refractivity contribution in [3.63, 3.8) is 0 Å². The van der Waals surface area contributed by atoms with Gasteiger partial charge in [0.2, 0.25) is 0 Å². The van der Waals surface area contributed by atoms with Crippen LogP contribution in [0.5, 0.6) is 0 Å². The third-order valence-electron chi connectivity index (χ3n) is 3.00. The molecule has 2 atom stereocenters. The summed E-state index contributed by atoms with van der Waals surface area (Å²) in [6.45, 7) is 3.55. The van der Waals surface area contributed by atoms with E-state index in [1.807, 2.05) is 11.8 Å².